The van der Waals surface area contributed by atoms with Gasteiger partial charge in [0.2, 0.25) is 0 Å². The fraction of sp³-hybridized carbons (Fsp3) is 0.471. The van der Waals surface area contributed by atoms with Crippen molar-refractivity contribution in [3.63, 3.8) is 0 Å². The molecule has 2 aliphatic rings. The van der Waals surface area contributed by atoms with Crippen molar-refractivity contribution in [1.82, 2.24) is 9.80 Å². The van der Waals surface area contributed by atoms with Crippen molar-refractivity contribution in [2.75, 3.05) is 27.2 Å². The van der Waals surface area contributed by atoms with Crippen LogP contribution in [-0.2, 0) is 25.7 Å². The Morgan fingerprint density at radius 1 is 0.605 bits per heavy atom. The summed E-state index contributed by atoms with van der Waals surface area (Å²) >= 11 is 0. The van der Waals surface area contributed by atoms with E-state index in [-0.39, 0.29) is 24.8 Å². The van der Waals surface area contributed by atoms with E-state index in [0.717, 1.165) is 38.8 Å². The summed E-state index contributed by atoms with van der Waals surface area (Å²) in [6, 6.07) is 24.4. The number of hydrogen-bond acceptors (Lipinski definition) is 2. The molecule has 0 aromatic heterocycles. The average molecular weight is 554 g/mol. The summed E-state index contributed by atoms with van der Waals surface area (Å²) in [4.78, 5) is 5.15. The molecule has 5 rings (SSSR count). The molecule has 0 amide bonds. The lowest BCUT2D eigenvalue weighted by atomic mass is 9.82. The van der Waals surface area contributed by atoms with E-state index in [1.54, 1.807) is 22.3 Å². The van der Waals surface area contributed by atoms with Crippen LogP contribution in [0.3, 0.4) is 0 Å². The summed E-state index contributed by atoms with van der Waals surface area (Å²) in [5, 5.41) is 0. The second kappa shape index (κ2) is 13.0. The molecule has 0 saturated carbocycles. The van der Waals surface area contributed by atoms with Crippen molar-refractivity contribution < 1.29 is 0 Å². The topological polar surface area (TPSA) is 6.48 Å². The second-order valence-electron chi connectivity index (χ2n) is 11.9. The highest BCUT2D eigenvalue weighted by Gasteiger charge is 2.29. The summed E-state index contributed by atoms with van der Waals surface area (Å²) in [6.07, 6.45) is 4.49. The number of halogens is 2. The van der Waals surface area contributed by atoms with E-state index in [4.69, 9.17) is 0 Å². The Morgan fingerprint density at radius 3 is 1.32 bits per heavy atom. The Morgan fingerprint density at radius 2 is 0.974 bits per heavy atom. The fourth-order valence-corrected chi connectivity index (χ4v) is 6.64. The molecule has 2 atom stereocenters. The van der Waals surface area contributed by atoms with Gasteiger partial charge in [-0.3, -0.25) is 9.80 Å². The third-order valence-electron chi connectivity index (χ3n) is 8.78. The molecule has 0 aliphatic carbocycles. The van der Waals surface area contributed by atoms with Gasteiger partial charge in [-0.05, 0) is 96.1 Å². The van der Waals surface area contributed by atoms with E-state index in [2.05, 4.69) is 112 Å². The van der Waals surface area contributed by atoms with Crippen LogP contribution < -0.4 is 0 Å². The Hall–Kier alpha value is -1.84. The van der Waals surface area contributed by atoms with E-state index in [1.165, 1.54) is 22.3 Å². The molecule has 0 fully saturated rings. The van der Waals surface area contributed by atoms with Gasteiger partial charge in [0.15, 0.2) is 0 Å². The zero-order valence-electron chi connectivity index (χ0n) is 24.0. The molecule has 0 saturated heterocycles. The lowest BCUT2D eigenvalue weighted by Gasteiger charge is -2.37. The average Bonchev–Trinajstić information content (AvgIpc) is 2.87. The van der Waals surface area contributed by atoms with Gasteiger partial charge in [0.1, 0.15) is 0 Å². The minimum absolute atomic E-state index is 0. The molecular formula is C34H46Cl2N2. The number of benzene rings is 3. The quantitative estimate of drug-likeness (QED) is 0.303. The van der Waals surface area contributed by atoms with Crippen molar-refractivity contribution in [3.8, 4) is 0 Å². The molecule has 0 spiro atoms. The molecule has 38 heavy (non-hydrogen) atoms. The van der Waals surface area contributed by atoms with Crippen LogP contribution in [0.2, 0.25) is 0 Å². The van der Waals surface area contributed by atoms with Crippen LogP contribution in [0.15, 0.2) is 60.7 Å². The standard InChI is InChI=1S/C34H44N2.2ClH/c1-23(2)29-11-7-9-27-17-19-35(5)31(33(27)29)21-25-13-15-26(16-14-25)22-32-34-28(18-20-36(32)6)10-8-12-30(34)24(3)4;;/h7-16,23-24,31-32H,17-22H2,1-6H3;2*1H. The molecule has 3 aromatic rings. The molecule has 2 aliphatic heterocycles. The van der Waals surface area contributed by atoms with E-state index in [1.807, 2.05) is 0 Å². The minimum Gasteiger partial charge on any atom is -0.299 e. The van der Waals surface area contributed by atoms with Gasteiger partial charge in [0.25, 0.3) is 0 Å². The van der Waals surface area contributed by atoms with Crippen LogP contribution in [0.5, 0.6) is 0 Å². The number of fused-ring (bicyclic) bond motifs is 2. The third kappa shape index (κ3) is 6.15. The first-order chi connectivity index (χ1) is 17.3. The maximum Gasteiger partial charge on any atom is 0.0391 e. The first kappa shape index (κ1) is 30.7. The second-order valence-corrected chi connectivity index (χ2v) is 11.9. The lowest BCUT2D eigenvalue weighted by molar-refractivity contribution is 0.227. The molecule has 2 unspecified atom stereocenters. The van der Waals surface area contributed by atoms with Crippen LogP contribution in [0.25, 0.3) is 0 Å². The zero-order valence-corrected chi connectivity index (χ0v) is 25.7. The summed E-state index contributed by atoms with van der Waals surface area (Å²) in [5.74, 6) is 1.12. The van der Waals surface area contributed by atoms with Crippen LogP contribution in [0.4, 0.5) is 0 Å². The molecule has 2 nitrogen and oxygen atoms in total. The molecule has 3 aromatic carbocycles. The van der Waals surface area contributed by atoms with Gasteiger partial charge in [0.05, 0.1) is 0 Å². The van der Waals surface area contributed by atoms with Crippen molar-refractivity contribution in [3.05, 3.63) is 105 Å². The Labute approximate surface area is 243 Å². The SMILES string of the molecule is CC(C)c1cccc2c1C(Cc1ccc(CC3c4c(cccc4C(C)C)CCN3C)cc1)N(C)CC2.Cl.Cl. The molecule has 2 heterocycles. The van der Waals surface area contributed by atoms with Gasteiger partial charge in [-0.25, -0.2) is 0 Å². The van der Waals surface area contributed by atoms with Gasteiger partial charge in [-0.1, -0.05) is 88.4 Å². The third-order valence-corrected chi connectivity index (χ3v) is 8.78. The summed E-state index contributed by atoms with van der Waals surface area (Å²) in [5.41, 5.74) is 12.2. The van der Waals surface area contributed by atoms with Gasteiger partial charge in [-0.2, -0.15) is 0 Å². The van der Waals surface area contributed by atoms with Gasteiger partial charge in [0, 0.05) is 25.2 Å². The highest BCUT2D eigenvalue weighted by Crippen LogP contribution is 2.38. The van der Waals surface area contributed by atoms with Gasteiger partial charge < -0.3 is 0 Å². The Kier molecular flexibility index (Phi) is 10.5. The molecule has 0 N–H and O–H groups in total. The summed E-state index contributed by atoms with van der Waals surface area (Å²) in [7, 11) is 4.61. The maximum atomic E-state index is 2.57. The summed E-state index contributed by atoms with van der Waals surface area (Å²) in [6.45, 7) is 11.6. The molecule has 0 radical (unpaired) electrons. The van der Waals surface area contributed by atoms with Gasteiger partial charge in [-0.15, -0.1) is 24.8 Å². The number of rotatable bonds is 6. The van der Waals surface area contributed by atoms with Crippen molar-refractivity contribution in [2.45, 2.75) is 77.3 Å². The molecular weight excluding hydrogens is 507 g/mol. The largest absolute Gasteiger partial charge is 0.299 e. The normalized spacial score (nSPS) is 19.5. The predicted molar refractivity (Wildman–Crippen MR) is 168 cm³/mol. The summed E-state index contributed by atoms with van der Waals surface area (Å²) < 4.78 is 0. The molecule has 0 bridgehead atoms. The zero-order chi connectivity index (χ0) is 25.4. The van der Waals surface area contributed by atoms with Crippen molar-refractivity contribution >= 4 is 24.8 Å². The number of likely N-dealkylation sites (N-methyl/N-ethyl adjacent to an activating group) is 2. The van der Waals surface area contributed by atoms with Crippen molar-refractivity contribution in [2.24, 2.45) is 0 Å². The molecule has 206 valence electrons. The monoisotopic (exact) mass is 552 g/mol. The smallest absolute Gasteiger partial charge is 0.0391 e. The van der Waals surface area contributed by atoms with Gasteiger partial charge >= 0.3 is 0 Å². The van der Waals surface area contributed by atoms with E-state index in [9.17, 15) is 0 Å². The van der Waals surface area contributed by atoms with Crippen LogP contribution in [-0.4, -0.2) is 37.0 Å². The van der Waals surface area contributed by atoms with Crippen LogP contribution >= 0.6 is 24.8 Å². The first-order valence-corrected chi connectivity index (χ1v) is 14.0. The first-order valence-electron chi connectivity index (χ1n) is 14.0. The Bertz CT molecular complexity index is 1110. The lowest BCUT2D eigenvalue weighted by Crippen LogP contribution is -2.34. The fourth-order valence-electron chi connectivity index (χ4n) is 6.64. The van der Waals surface area contributed by atoms with E-state index in [0.29, 0.717) is 23.9 Å². The Balaban J connectivity index is 0.00000200. The predicted octanol–water partition coefficient (Wildman–Crippen LogP) is 8.32. The molecule has 4 heteroatoms. The van der Waals surface area contributed by atoms with Crippen molar-refractivity contribution in [1.29, 1.82) is 0 Å². The highest BCUT2D eigenvalue weighted by atomic mass is 35.5. The maximum absolute atomic E-state index is 2.57. The van der Waals surface area contributed by atoms with Crippen LogP contribution in [0, 0.1) is 0 Å². The minimum atomic E-state index is 0. The number of hydrogen-bond donors (Lipinski definition) is 0. The van der Waals surface area contributed by atoms with E-state index < -0.39 is 0 Å². The van der Waals surface area contributed by atoms with E-state index >= 15 is 0 Å². The number of nitrogens with zero attached hydrogens (tertiary/aromatic N) is 2. The highest BCUT2D eigenvalue weighted by molar-refractivity contribution is 5.85. The van der Waals surface area contributed by atoms with Crippen LogP contribution in [0.1, 0.15) is 96.1 Å².